The zero-order valence-corrected chi connectivity index (χ0v) is 22.2. The van der Waals surface area contributed by atoms with Crippen LogP contribution in [-0.2, 0) is 10.0 Å². The molecule has 2 fully saturated rings. The molecular formula is C25H31F2N7O3S. The molecule has 0 aliphatic carbocycles. The molecule has 1 unspecified atom stereocenters. The Labute approximate surface area is 220 Å². The largest absolute Gasteiger partial charge is 0.387 e. The van der Waals surface area contributed by atoms with E-state index in [9.17, 15) is 22.3 Å². The van der Waals surface area contributed by atoms with Gasteiger partial charge < -0.3 is 20.2 Å². The lowest BCUT2D eigenvalue weighted by Crippen LogP contribution is -2.59. The van der Waals surface area contributed by atoms with E-state index in [2.05, 4.69) is 49.8 Å². The number of aliphatic hydroxyl groups is 1. The number of rotatable bonds is 7. The van der Waals surface area contributed by atoms with Gasteiger partial charge in [0.25, 0.3) is 5.92 Å². The fraction of sp³-hybridized carbons (Fsp3) is 0.480. The van der Waals surface area contributed by atoms with Gasteiger partial charge in [-0.05, 0) is 41.5 Å². The van der Waals surface area contributed by atoms with Crippen molar-refractivity contribution in [2.45, 2.75) is 44.3 Å². The molecule has 2 aliphatic rings. The summed E-state index contributed by atoms with van der Waals surface area (Å²) in [5.41, 5.74) is 2.12. The van der Waals surface area contributed by atoms with E-state index in [0.717, 1.165) is 28.3 Å². The highest BCUT2D eigenvalue weighted by Gasteiger charge is 2.44. The van der Waals surface area contributed by atoms with Crippen LogP contribution in [0.2, 0.25) is 0 Å². The highest BCUT2D eigenvalue weighted by molar-refractivity contribution is 7.88. The standard InChI is InChI=1S/C25H31F2N7O3S/c1-15(2)17-4-5-20(34-12-16(13-34)32-38(3,36)37)19-11-29-23(10-18(17)19)30-22-6-8-28-24(31-22)33-9-7-21(35)25(26,27)14-33/h4-6,8,10-11,15-16,21,32,35H,7,9,12-14H2,1-3H3,(H,28,29,30,31). The third kappa shape index (κ3) is 5.49. The van der Waals surface area contributed by atoms with Crippen LogP contribution in [0.25, 0.3) is 10.8 Å². The molecule has 1 atom stereocenters. The zero-order chi connectivity index (χ0) is 27.2. The van der Waals surface area contributed by atoms with Gasteiger partial charge in [0.1, 0.15) is 17.7 Å². The molecule has 2 aromatic heterocycles. The van der Waals surface area contributed by atoms with Gasteiger partial charge >= 0.3 is 0 Å². The van der Waals surface area contributed by atoms with Gasteiger partial charge in [0.05, 0.1) is 18.8 Å². The number of hydrogen-bond donors (Lipinski definition) is 3. The third-order valence-corrected chi connectivity index (χ3v) is 7.64. The summed E-state index contributed by atoms with van der Waals surface area (Å²) in [7, 11) is -3.26. The van der Waals surface area contributed by atoms with Crippen LogP contribution in [0.3, 0.4) is 0 Å². The van der Waals surface area contributed by atoms with Crippen LogP contribution in [0, 0.1) is 0 Å². The number of nitrogens with zero attached hydrogens (tertiary/aromatic N) is 5. The summed E-state index contributed by atoms with van der Waals surface area (Å²) in [4.78, 5) is 16.6. The van der Waals surface area contributed by atoms with E-state index in [4.69, 9.17) is 0 Å². The number of halogens is 2. The molecule has 10 nitrogen and oxygen atoms in total. The molecule has 13 heteroatoms. The zero-order valence-electron chi connectivity index (χ0n) is 21.4. The molecule has 3 aromatic rings. The lowest BCUT2D eigenvalue weighted by molar-refractivity contribution is -0.113. The van der Waals surface area contributed by atoms with Crippen molar-refractivity contribution in [2.24, 2.45) is 0 Å². The fourth-order valence-electron chi connectivity index (χ4n) is 4.95. The number of anilines is 4. The van der Waals surface area contributed by atoms with Crippen molar-refractivity contribution >= 4 is 44.1 Å². The number of hydrogen-bond acceptors (Lipinski definition) is 9. The Morgan fingerprint density at radius 3 is 2.55 bits per heavy atom. The summed E-state index contributed by atoms with van der Waals surface area (Å²) in [6, 6.07) is 7.57. The first-order valence-electron chi connectivity index (χ1n) is 12.5. The lowest BCUT2D eigenvalue weighted by atomic mass is 9.94. The normalized spacial score (nSPS) is 20.1. The Kier molecular flexibility index (Phi) is 6.86. The van der Waals surface area contributed by atoms with Crippen LogP contribution in [0.1, 0.15) is 31.7 Å². The van der Waals surface area contributed by atoms with Crippen molar-refractivity contribution in [1.29, 1.82) is 0 Å². The van der Waals surface area contributed by atoms with E-state index in [-0.39, 0.29) is 30.9 Å². The summed E-state index contributed by atoms with van der Waals surface area (Å²) in [6.45, 7) is 4.94. The number of aromatic nitrogens is 3. The van der Waals surface area contributed by atoms with Crippen molar-refractivity contribution in [2.75, 3.05) is 47.6 Å². The summed E-state index contributed by atoms with van der Waals surface area (Å²) in [5.74, 6) is -1.87. The van der Waals surface area contributed by atoms with Crippen molar-refractivity contribution in [3.63, 3.8) is 0 Å². The SMILES string of the molecule is CC(C)c1ccc(N2CC(NS(C)(=O)=O)C2)c2cnc(Nc3ccnc(N4CCC(O)C(F)(F)C4)n3)cc12. The molecule has 0 amide bonds. The Morgan fingerprint density at radius 1 is 1.11 bits per heavy atom. The van der Waals surface area contributed by atoms with E-state index >= 15 is 0 Å². The minimum Gasteiger partial charge on any atom is -0.387 e. The number of piperidine rings is 1. The van der Waals surface area contributed by atoms with Gasteiger partial charge in [0.2, 0.25) is 16.0 Å². The molecule has 0 radical (unpaired) electrons. The van der Waals surface area contributed by atoms with Crippen LogP contribution in [0.4, 0.5) is 32.1 Å². The van der Waals surface area contributed by atoms with Gasteiger partial charge in [-0.1, -0.05) is 19.9 Å². The second kappa shape index (κ2) is 9.86. The van der Waals surface area contributed by atoms with E-state index in [0.29, 0.717) is 24.7 Å². The van der Waals surface area contributed by atoms with E-state index in [1.807, 2.05) is 12.1 Å². The molecule has 5 rings (SSSR count). The first-order valence-corrected chi connectivity index (χ1v) is 14.3. The van der Waals surface area contributed by atoms with Crippen LogP contribution in [0.5, 0.6) is 0 Å². The number of alkyl halides is 2. The summed E-state index contributed by atoms with van der Waals surface area (Å²) in [6.07, 6.45) is 2.71. The Balaban J connectivity index is 1.39. The minimum atomic E-state index is -3.26. The monoisotopic (exact) mass is 547 g/mol. The Hall–Kier alpha value is -3.16. The van der Waals surface area contributed by atoms with Gasteiger partial charge in [-0.3, -0.25) is 0 Å². The molecule has 0 spiro atoms. The quantitative estimate of drug-likeness (QED) is 0.410. The summed E-state index contributed by atoms with van der Waals surface area (Å²) < 4.78 is 53.8. The van der Waals surface area contributed by atoms with Crippen LogP contribution in [0.15, 0.2) is 36.7 Å². The fourth-order valence-corrected chi connectivity index (χ4v) is 5.70. The molecule has 4 heterocycles. The van der Waals surface area contributed by atoms with E-state index < -0.39 is 28.6 Å². The topological polar surface area (TPSA) is 124 Å². The maximum absolute atomic E-state index is 14.0. The molecule has 2 saturated heterocycles. The van der Waals surface area contributed by atoms with Crippen LogP contribution < -0.4 is 19.8 Å². The number of sulfonamides is 1. The minimum absolute atomic E-state index is 0.0668. The van der Waals surface area contributed by atoms with Gasteiger partial charge in [-0.25, -0.2) is 31.9 Å². The number of aliphatic hydroxyl groups excluding tert-OH is 1. The highest BCUT2D eigenvalue weighted by Crippen LogP contribution is 2.36. The third-order valence-electron chi connectivity index (χ3n) is 6.88. The molecule has 0 bridgehead atoms. The molecule has 204 valence electrons. The number of nitrogens with one attached hydrogen (secondary N) is 2. The molecule has 3 N–H and O–H groups in total. The second-order valence-electron chi connectivity index (χ2n) is 10.3. The first-order chi connectivity index (χ1) is 17.9. The maximum atomic E-state index is 14.0. The number of fused-ring (bicyclic) bond motifs is 1. The first kappa shape index (κ1) is 26.4. The highest BCUT2D eigenvalue weighted by atomic mass is 32.2. The molecular weight excluding hydrogens is 516 g/mol. The summed E-state index contributed by atoms with van der Waals surface area (Å²) in [5, 5.41) is 14.7. The maximum Gasteiger partial charge on any atom is 0.290 e. The Morgan fingerprint density at radius 2 is 1.87 bits per heavy atom. The molecule has 2 aliphatic heterocycles. The smallest absolute Gasteiger partial charge is 0.290 e. The average Bonchev–Trinajstić information content (AvgIpc) is 2.81. The van der Waals surface area contributed by atoms with Crippen LogP contribution in [-0.4, -0.2) is 79.0 Å². The van der Waals surface area contributed by atoms with E-state index in [1.165, 1.54) is 11.1 Å². The van der Waals surface area contributed by atoms with Crippen molar-refractivity contribution < 1.29 is 22.3 Å². The van der Waals surface area contributed by atoms with E-state index in [1.54, 1.807) is 12.3 Å². The lowest BCUT2D eigenvalue weighted by Gasteiger charge is -2.41. The Bertz CT molecular complexity index is 1450. The second-order valence-corrected chi connectivity index (χ2v) is 12.1. The number of benzene rings is 1. The molecule has 0 saturated carbocycles. The van der Waals surface area contributed by atoms with Crippen molar-refractivity contribution in [3.8, 4) is 0 Å². The van der Waals surface area contributed by atoms with Crippen molar-refractivity contribution in [3.05, 3.63) is 42.2 Å². The van der Waals surface area contributed by atoms with Crippen LogP contribution >= 0.6 is 0 Å². The van der Waals surface area contributed by atoms with Gasteiger partial charge in [-0.15, -0.1) is 0 Å². The van der Waals surface area contributed by atoms with Gasteiger partial charge in [0.15, 0.2) is 0 Å². The van der Waals surface area contributed by atoms with Gasteiger partial charge in [-0.2, -0.15) is 4.98 Å². The average molecular weight is 548 g/mol. The summed E-state index contributed by atoms with van der Waals surface area (Å²) >= 11 is 0. The molecule has 38 heavy (non-hydrogen) atoms. The number of pyridine rings is 1. The molecule has 1 aromatic carbocycles. The predicted molar refractivity (Wildman–Crippen MR) is 143 cm³/mol. The van der Waals surface area contributed by atoms with Gasteiger partial charge in [0, 0.05) is 43.1 Å². The van der Waals surface area contributed by atoms with Crippen molar-refractivity contribution in [1.82, 2.24) is 19.7 Å². The predicted octanol–water partition coefficient (Wildman–Crippen LogP) is 2.84.